The van der Waals surface area contributed by atoms with Crippen molar-refractivity contribution in [1.29, 1.82) is 0 Å². The van der Waals surface area contributed by atoms with Gasteiger partial charge in [0.05, 0.1) is 29.0 Å². The minimum absolute atomic E-state index is 0.0328. The van der Waals surface area contributed by atoms with E-state index in [9.17, 15) is 9.59 Å². The summed E-state index contributed by atoms with van der Waals surface area (Å²) in [5, 5.41) is 4.32. The van der Waals surface area contributed by atoms with Crippen LogP contribution in [0.15, 0.2) is 9.53 Å². The number of carbonyl (C=O) groups is 1. The van der Waals surface area contributed by atoms with Gasteiger partial charge in [-0.25, -0.2) is 9.97 Å². The molecule has 0 aromatic carbocycles. The van der Waals surface area contributed by atoms with Gasteiger partial charge in [0.1, 0.15) is 12.2 Å². The molecule has 1 N–H and O–H groups in total. The van der Waals surface area contributed by atoms with E-state index in [2.05, 4.69) is 31.2 Å². The second-order valence-electron chi connectivity index (χ2n) is 5.82. The molecular formula is C16H19BrN4O3S. The molecule has 2 aromatic rings. The number of nitrogens with one attached hydrogen (secondary N) is 1. The molecule has 0 radical (unpaired) electrons. The van der Waals surface area contributed by atoms with Gasteiger partial charge in [0.25, 0.3) is 5.56 Å². The molecule has 0 bridgehead atoms. The summed E-state index contributed by atoms with van der Waals surface area (Å²) in [6.45, 7) is 5.79. The molecule has 3 rings (SSSR count). The first-order valence-electron chi connectivity index (χ1n) is 8.06. The molecule has 2 aromatic heterocycles. The van der Waals surface area contributed by atoms with Crippen LogP contribution >= 0.6 is 27.3 Å². The zero-order valence-electron chi connectivity index (χ0n) is 14.3. The average Bonchev–Trinajstić information content (AvgIpc) is 2.90. The van der Waals surface area contributed by atoms with Crippen LogP contribution in [0.4, 0.5) is 5.69 Å². The molecule has 0 amide bonds. The number of anilines is 1. The second kappa shape index (κ2) is 7.25. The lowest BCUT2D eigenvalue weighted by Crippen LogP contribution is -2.33. The van der Waals surface area contributed by atoms with Crippen LogP contribution in [-0.4, -0.2) is 27.1 Å². The summed E-state index contributed by atoms with van der Waals surface area (Å²) in [6, 6.07) is 0.0328. The van der Waals surface area contributed by atoms with E-state index in [1.165, 1.54) is 4.57 Å². The fourth-order valence-electron chi connectivity index (χ4n) is 2.96. The Morgan fingerprint density at radius 2 is 2.20 bits per heavy atom. The van der Waals surface area contributed by atoms with Crippen LogP contribution in [0.25, 0.3) is 0 Å². The second-order valence-corrected chi connectivity index (χ2v) is 7.76. The van der Waals surface area contributed by atoms with Crippen LogP contribution < -0.4 is 10.9 Å². The molecule has 0 saturated carbocycles. The number of nitrogens with zero attached hydrogens (tertiary/aromatic N) is 3. The van der Waals surface area contributed by atoms with Crippen LogP contribution in [0, 0.1) is 13.8 Å². The number of halogens is 1. The number of hydrogen-bond acceptors (Lipinski definition) is 7. The molecule has 1 aliphatic rings. The maximum absolute atomic E-state index is 12.9. The fraction of sp³-hybridized carbons (Fsp3) is 0.500. The lowest BCUT2D eigenvalue weighted by molar-refractivity contribution is -0.143. The summed E-state index contributed by atoms with van der Waals surface area (Å²) >= 11 is 4.93. The third-order valence-electron chi connectivity index (χ3n) is 4.03. The lowest BCUT2D eigenvalue weighted by Gasteiger charge is -2.26. The van der Waals surface area contributed by atoms with E-state index in [0.29, 0.717) is 22.5 Å². The molecule has 134 valence electrons. The van der Waals surface area contributed by atoms with Crippen LogP contribution in [0.1, 0.15) is 40.7 Å². The predicted octanol–water partition coefficient (Wildman–Crippen LogP) is 2.74. The van der Waals surface area contributed by atoms with Gasteiger partial charge in [0, 0.05) is 4.88 Å². The largest absolute Gasteiger partial charge is 0.465 e. The molecule has 1 aliphatic heterocycles. The number of hydrogen-bond donors (Lipinski definition) is 1. The molecule has 1 atom stereocenters. The zero-order valence-corrected chi connectivity index (χ0v) is 16.7. The van der Waals surface area contributed by atoms with E-state index in [1.54, 1.807) is 18.3 Å². The van der Waals surface area contributed by atoms with Gasteiger partial charge >= 0.3 is 5.97 Å². The van der Waals surface area contributed by atoms with Crippen LogP contribution in [0.2, 0.25) is 0 Å². The molecule has 0 aliphatic carbocycles. The van der Waals surface area contributed by atoms with Gasteiger partial charge in [-0.2, -0.15) is 0 Å². The van der Waals surface area contributed by atoms with Crippen molar-refractivity contribution in [1.82, 2.24) is 14.5 Å². The molecule has 7 nitrogen and oxygen atoms in total. The molecular weight excluding hydrogens is 408 g/mol. The summed E-state index contributed by atoms with van der Waals surface area (Å²) in [5.74, 6) is -0.465. The van der Waals surface area contributed by atoms with Gasteiger partial charge in [0.15, 0.2) is 4.73 Å². The van der Waals surface area contributed by atoms with Crippen molar-refractivity contribution in [2.24, 2.45) is 0 Å². The number of esters is 1. The number of carbonyl (C=O) groups excluding carboxylic acids is 1. The summed E-state index contributed by atoms with van der Waals surface area (Å²) in [5.41, 5.74) is 1.88. The number of aryl methyl sites for hydroxylation is 3. The third kappa shape index (κ3) is 3.62. The predicted molar refractivity (Wildman–Crippen MR) is 99.1 cm³/mol. The first kappa shape index (κ1) is 18.1. The quantitative estimate of drug-likeness (QED) is 0.597. The van der Waals surface area contributed by atoms with Gasteiger partial charge in [-0.1, -0.05) is 0 Å². The maximum Gasteiger partial charge on any atom is 0.326 e. The highest BCUT2D eigenvalue weighted by Crippen LogP contribution is 2.34. The minimum Gasteiger partial charge on any atom is -0.465 e. The highest BCUT2D eigenvalue weighted by Gasteiger charge is 2.27. The van der Waals surface area contributed by atoms with Crippen molar-refractivity contribution < 1.29 is 9.53 Å². The molecule has 9 heteroatoms. The van der Waals surface area contributed by atoms with E-state index < -0.39 is 5.97 Å². The van der Waals surface area contributed by atoms with E-state index in [0.717, 1.165) is 22.0 Å². The third-order valence-corrected chi connectivity index (χ3v) is 5.83. The Morgan fingerprint density at radius 1 is 1.44 bits per heavy atom. The highest BCUT2D eigenvalue weighted by atomic mass is 79.9. The average molecular weight is 427 g/mol. The van der Waals surface area contributed by atoms with Crippen molar-refractivity contribution in [2.45, 2.75) is 46.2 Å². The van der Waals surface area contributed by atoms with E-state index in [-0.39, 0.29) is 24.8 Å². The molecule has 25 heavy (non-hydrogen) atoms. The van der Waals surface area contributed by atoms with Crippen molar-refractivity contribution >= 4 is 38.9 Å². The van der Waals surface area contributed by atoms with Crippen molar-refractivity contribution in [3.05, 3.63) is 36.4 Å². The standard InChI is InChI=1S/C16H19BrN4O3S/c1-4-24-12(22)7-21-15(23)13-10(20-16(21)17)5-6-11(19-13)14-8(2)18-9(3)25-14/h11,19H,4-7H2,1-3H3/t11-/m0/s1. The smallest absolute Gasteiger partial charge is 0.326 e. The van der Waals surface area contributed by atoms with Gasteiger partial charge in [-0.05, 0) is 49.5 Å². The molecule has 0 spiro atoms. The number of ether oxygens (including phenoxy) is 1. The Labute approximate surface area is 157 Å². The number of fused-ring (bicyclic) bond motifs is 1. The van der Waals surface area contributed by atoms with Crippen molar-refractivity contribution in [3.63, 3.8) is 0 Å². The Hall–Kier alpha value is -1.74. The van der Waals surface area contributed by atoms with Crippen LogP contribution in [0.3, 0.4) is 0 Å². The SMILES string of the molecule is CCOC(=O)Cn1c(Br)nc2c(c1=O)N[C@H](c1sc(C)nc1C)CC2. The first-order valence-corrected chi connectivity index (χ1v) is 9.67. The maximum atomic E-state index is 12.9. The number of rotatable bonds is 4. The monoisotopic (exact) mass is 426 g/mol. The number of thiazole rings is 1. The van der Waals surface area contributed by atoms with Crippen molar-refractivity contribution in [3.8, 4) is 0 Å². The molecule has 0 fully saturated rings. The summed E-state index contributed by atoms with van der Waals surface area (Å²) in [7, 11) is 0. The Kier molecular flexibility index (Phi) is 5.24. The summed E-state index contributed by atoms with van der Waals surface area (Å²) < 4.78 is 6.57. The van der Waals surface area contributed by atoms with Crippen molar-refractivity contribution in [2.75, 3.05) is 11.9 Å². The first-order chi connectivity index (χ1) is 11.9. The van der Waals surface area contributed by atoms with Gasteiger partial charge < -0.3 is 10.1 Å². The summed E-state index contributed by atoms with van der Waals surface area (Å²) in [4.78, 5) is 34.7. The summed E-state index contributed by atoms with van der Waals surface area (Å²) in [6.07, 6.45) is 1.54. The Bertz CT molecular complexity index is 877. The lowest BCUT2D eigenvalue weighted by atomic mass is 10.0. The topological polar surface area (TPSA) is 86.1 Å². The number of aromatic nitrogens is 3. The van der Waals surface area contributed by atoms with Crippen LogP contribution in [0.5, 0.6) is 0 Å². The van der Waals surface area contributed by atoms with Crippen LogP contribution in [-0.2, 0) is 22.5 Å². The zero-order chi connectivity index (χ0) is 18.1. The van der Waals surface area contributed by atoms with E-state index in [4.69, 9.17) is 4.74 Å². The van der Waals surface area contributed by atoms with Gasteiger partial charge in [-0.3, -0.25) is 14.2 Å². The molecule has 3 heterocycles. The van der Waals surface area contributed by atoms with E-state index in [1.807, 2.05) is 13.8 Å². The molecule has 0 unspecified atom stereocenters. The Balaban J connectivity index is 1.94. The van der Waals surface area contributed by atoms with Gasteiger partial charge in [-0.15, -0.1) is 11.3 Å². The highest BCUT2D eigenvalue weighted by molar-refractivity contribution is 9.10. The van der Waals surface area contributed by atoms with Gasteiger partial charge in [0.2, 0.25) is 0 Å². The normalized spacial score (nSPS) is 16.2. The molecule has 0 saturated heterocycles. The minimum atomic E-state index is -0.465. The fourth-order valence-corrected chi connectivity index (χ4v) is 4.48. The van der Waals surface area contributed by atoms with E-state index >= 15 is 0 Å². The Morgan fingerprint density at radius 3 is 2.84 bits per heavy atom.